The maximum Gasteiger partial charge on any atom is 0.248 e. The van der Waals surface area contributed by atoms with Crippen molar-refractivity contribution in [1.82, 2.24) is 0 Å². The largest absolute Gasteiger partial charge is 0.248 e. The third-order valence-corrected chi connectivity index (χ3v) is 3.19. The molecule has 0 amide bonds. The molecule has 0 heterocycles. The third-order valence-electron chi connectivity index (χ3n) is 2.47. The molecular formula is C9H13BrF2. The predicted molar refractivity (Wildman–Crippen MR) is 49.8 cm³/mol. The first kappa shape index (κ1) is 10.2. The first-order valence-electron chi connectivity index (χ1n) is 4.16. The van der Waals surface area contributed by atoms with Crippen LogP contribution in [0.25, 0.3) is 0 Å². The van der Waals surface area contributed by atoms with E-state index < -0.39 is 5.92 Å². The van der Waals surface area contributed by atoms with Crippen LogP contribution in [0.15, 0.2) is 12.2 Å². The lowest BCUT2D eigenvalue weighted by molar-refractivity contribution is -0.0419. The number of halogens is 3. The molecule has 0 aromatic rings. The summed E-state index contributed by atoms with van der Waals surface area (Å²) in [4.78, 5) is 0. The van der Waals surface area contributed by atoms with Gasteiger partial charge < -0.3 is 0 Å². The molecule has 1 rings (SSSR count). The number of alkyl halides is 3. The van der Waals surface area contributed by atoms with E-state index >= 15 is 0 Å². The summed E-state index contributed by atoms with van der Waals surface area (Å²) in [6.45, 7) is 3.85. The molecule has 0 aromatic carbocycles. The lowest BCUT2D eigenvalue weighted by Gasteiger charge is -2.28. The minimum Gasteiger partial charge on any atom is -0.207 e. The summed E-state index contributed by atoms with van der Waals surface area (Å²) in [6, 6.07) is 0. The molecule has 1 fully saturated rings. The van der Waals surface area contributed by atoms with E-state index in [0.717, 1.165) is 10.9 Å². The molecule has 0 unspecified atom stereocenters. The van der Waals surface area contributed by atoms with Gasteiger partial charge in [0.1, 0.15) is 0 Å². The average Bonchev–Trinajstić information content (AvgIpc) is 2.03. The summed E-state index contributed by atoms with van der Waals surface area (Å²) in [5.74, 6) is -2.10. The highest BCUT2D eigenvalue weighted by Crippen LogP contribution is 2.38. The lowest BCUT2D eigenvalue weighted by Crippen LogP contribution is -2.25. The van der Waals surface area contributed by atoms with Crippen LogP contribution in [0.2, 0.25) is 0 Å². The van der Waals surface area contributed by atoms with Gasteiger partial charge in [0.25, 0.3) is 0 Å². The van der Waals surface area contributed by atoms with E-state index in [1.807, 2.05) is 0 Å². The maximum absolute atomic E-state index is 12.7. The molecule has 1 saturated carbocycles. The van der Waals surface area contributed by atoms with Crippen LogP contribution < -0.4 is 0 Å². The van der Waals surface area contributed by atoms with E-state index in [1.165, 1.54) is 0 Å². The number of rotatable bonds is 2. The van der Waals surface area contributed by atoms with Gasteiger partial charge in [-0.1, -0.05) is 28.1 Å². The molecule has 70 valence electrons. The second-order valence-corrected chi connectivity index (χ2v) is 3.98. The monoisotopic (exact) mass is 238 g/mol. The van der Waals surface area contributed by atoms with Gasteiger partial charge in [0, 0.05) is 18.2 Å². The molecule has 0 nitrogen and oxygen atoms in total. The molecule has 0 radical (unpaired) electrons. The molecular weight excluding hydrogens is 226 g/mol. The van der Waals surface area contributed by atoms with Crippen LogP contribution in [-0.4, -0.2) is 11.3 Å². The van der Waals surface area contributed by atoms with Gasteiger partial charge in [-0.25, -0.2) is 8.78 Å². The second kappa shape index (κ2) is 3.86. The minimum atomic E-state index is -2.41. The van der Waals surface area contributed by atoms with Crippen molar-refractivity contribution in [2.75, 3.05) is 5.33 Å². The van der Waals surface area contributed by atoms with Gasteiger partial charge in [-0.3, -0.25) is 0 Å². The molecule has 1 aliphatic rings. The Morgan fingerprint density at radius 3 is 2.33 bits per heavy atom. The van der Waals surface area contributed by atoms with Gasteiger partial charge >= 0.3 is 0 Å². The van der Waals surface area contributed by atoms with Crippen molar-refractivity contribution in [3.63, 3.8) is 0 Å². The molecule has 0 atom stereocenters. The lowest BCUT2D eigenvalue weighted by atomic mass is 9.83. The van der Waals surface area contributed by atoms with E-state index in [9.17, 15) is 8.78 Å². The van der Waals surface area contributed by atoms with Crippen LogP contribution in [0.3, 0.4) is 0 Å². The zero-order valence-electron chi connectivity index (χ0n) is 6.95. The van der Waals surface area contributed by atoms with E-state index in [0.29, 0.717) is 18.8 Å². The SMILES string of the molecule is C=C(CBr)C1CCC(F)(F)CC1. The molecule has 12 heavy (non-hydrogen) atoms. The van der Waals surface area contributed by atoms with Crippen molar-refractivity contribution in [3.8, 4) is 0 Å². The van der Waals surface area contributed by atoms with Gasteiger partial charge in [0.05, 0.1) is 0 Å². The van der Waals surface area contributed by atoms with Gasteiger partial charge in [-0.05, 0) is 18.8 Å². The number of allylic oxidation sites excluding steroid dienone is 1. The van der Waals surface area contributed by atoms with Crippen molar-refractivity contribution in [2.45, 2.75) is 31.6 Å². The normalized spacial score (nSPS) is 23.9. The van der Waals surface area contributed by atoms with Crippen molar-refractivity contribution in [2.24, 2.45) is 5.92 Å². The Labute approximate surface area is 80.2 Å². The Kier molecular flexibility index (Phi) is 3.27. The Bertz CT molecular complexity index is 167. The smallest absolute Gasteiger partial charge is 0.207 e. The fourth-order valence-electron chi connectivity index (χ4n) is 1.56. The highest BCUT2D eigenvalue weighted by Gasteiger charge is 2.35. The van der Waals surface area contributed by atoms with E-state index in [1.54, 1.807) is 0 Å². The summed E-state index contributed by atoms with van der Waals surface area (Å²) in [6.07, 6.45) is 1.25. The fourth-order valence-corrected chi connectivity index (χ4v) is 2.02. The average molecular weight is 239 g/mol. The van der Waals surface area contributed by atoms with Gasteiger partial charge in [-0.2, -0.15) is 0 Å². The molecule has 3 heteroatoms. The first-order valence-corrected chi connectivity index (χ1v) is 5.29. The molecule has 0 aromatic heterocycles. The Morgan fingerprint density at radius 1 is 1.42 bits per heavy atom. The topological polar surface area (TPSA) is 0 Å². The van der Waals surface area contributed by atoms with Crippen molar-refractivity contribution < 1.29 is 8.78 Å². The summed E-state index contributed by atoms with van der Waals surface area (Å²) < 4.78 is 25.4. The number of hydrogen-bond donors (Lipinski definition) is 0. The van der Waals surface area contributed by atoms with Gasteiger partial charge in [0.2, 0.25) is 5.92 Å². The molecule has 0 spiro atoms. The highest BCUT2D eigenvalue weighted by molar-refractivity contribution is 9.09. The Hall–Kier alpha value is 0.0800. The van der Waals surface area contributed by atoms with Crippen LogP contribution in [0.5, 0.6) is 0 Å². The van der Waals surface area contributed by atoms with Crippen LogP contribution in [-0.2, 0) is 0 Å². The highest BCUT2D eigenvalue weighted by atomic mass is 79.9. The first-order chi connectivity index (χ1) is 5.55. The quantitative estimate of drug-likeness (QED) is 0.508. The number of hydrogen-bond acceptors (Lipinski definition) is 0. The molecule has 0 aliphatic heterocycles. The Morgan fingerprint density at radius 2 is 1.92 bits per heavy atom. The molecule has 1 aliphatic carbocycles. The zero-order valence-corrected chi connectivity index (χ0v) is 8.54. The summed E-state index contributed by atoms with van der Waals surface area (Å²) in [5, 5.41) is 0.739. The predicted octanol–water partition coefficient (Wildman–Crippen LogP) is 3.76. The van der Waals surface area contributed by atoms with Crippen LogP contribution in [0.1, 0.15) is 25.7 Å². The zero-order chi connectivity index (χ0) is 9.19. The molecule has 0 bridgehead atoms. The molecule has 0 saturated heterocycles. The van der Waals surface area contributed by atoms with Crippen LogP contribution in [0.4, 0.5) is 8.78 Å². The summed E-state index contributed by atoms with van der Waals surface area (Å²) in [5.41, 5.74) is 1.06. The minimum absolute atomic E-state index is 0.0314. The second-order valence-electron chi connectivity index (χ2n) is 3.42. The fraction of sp³-hybridized carbons (Fsp3) is 0.778. The third kappa shape index (κ3) is 2.54. The standard InChI is InChI=1S/C9H13BrF2/c1-7(6-10)8-2-4-9(11,12)5-3-8/h8H,1-6H2. The van der Waals surface area contributed by atoms with Gasteiger partial charge in [-0.15, -0.1) is 0 Å². The van der Waals surface area contributed by atoms with Crippen molar-refractivity contribution in [1.29, 1.82) is 0 Å². The van der Waals surface area contributed by atoms with E-state index in [2.05, 4.69) is 22.5 Å². The van der Waals surface area contributed by atoms with Crippen molar-refractivity contribution in [3.05, 3.63) is 12.2 Å². The van der Waals surface area contributed by atoms with Crippen LogP contribution >= 0.6 is 15.9 Å². The van der Waals surface area contributed by atoms with Crippen molar-refractivity contribution >= 4 is 15.9 Å². The van der Waals surface area contributed by atoms with E-state index in [4.69, 9.17) is 0 Å². The maximum atomic E-state index is 12.7. The summed E-state index contributed by atoms with van der Waals surface area (Å²) >= 11 is 3.29. The molecule has 0 N–H and O–H groups in total. The Balaban J connectivity index is 2.41. The summed E-state index contributed by atoms with van der Waals surface area (Å²) in [7, 11) is 0. The van der Waals surface area contributed by atoms with E-state index in [-0.39, 0.29) is 12.8 Å². The van der Waals surface area contributed by atoms with Crippen LogP contribution in [0, 0.1) is 5.92 Å². The van der Waals surface area contributed by atoms with Gasteiger partial charge in [0.15, 0.2) is 0 Å².